The van der Waals surface area contributed by atoms with Crippen LogP contribution in [-0.4, -0.2) is 23.9 Å². The van der Waals surface area contributed by atoms with Gasteiger partial charge in [-0.05, 0) is 54.5 Å². The first-order chi connectivity index (χ1) is 17.7. The summed E-state index contributed by atoms with van der Waals surface area (Å²) >= 11 is 0. The molecule has 0 aliphatic carbocycles. The highest BCUT2D eigenvalue weighted by molar-refractivity contribution is 6.82. The van der Waals surface area contributed by atoms with E-state index in [1.165, 1.54) is 0 Å². The Bertz CT molecular complexity index is 1540. The Labute approximate surface area is 211 Å². The second kappa shape index (κ2) is 9.50. The Morgan fingerprint density at radius 3 is 1.14 bits per heavy atom. The van der Waals surface area contributed by atoms with Crippen LogP contribution in [0.4, 0.5) is 0 Å². The molecule has 170 valence electrons. The highest BCUT2D eigenvalue weighted by Gasteiger charge is 2.28. The number of hydrogen-bond acceptors (Lipinski definition) is 2. The van der Waals surface area contributed by atoms with Crippen LogP contribution in [0.15, 0.2) is 133 Å². The van der Waals surface area contributed by atoms with Gasteiger partial charge in [-0.25, -0.2) is 0 Å². The molecule has 0 spiro atoms. The van der Waals surface area contributed by atoms with Gasteiger partial charge in [-0.3, -0.25) is 0 Å². The number of fused-ring (bicyclic) bond motifs is 2. The molecule has 0 radical (unpaired) electrons. The first-order valence-electron chi connectivity index (χ1n) is 12.2. The third-order valence-corrected chi connectivity index (χ3v) is 6.99. The third kappa shape index (κ3) is 3.91. The maximum absolute atomic E-state index is 11.6. The van der Waals surface area contributed by atoms with Gasteiger partial charge in [0.1, 0.15) is 0 Å². The minimum absolute atomic E-state index is 0.813. The monoisotopic (exact) mass is 462 g/mol. The zero-order valence-corrected chi connectivity index (χ0v) is 19.8. The molecule has 0 saturated heterocycles. The summed E-state index contributed by atoms with van der Waals surface area (Å²) in [5.74, 6) is 0. The second-order valence-corrected chi connectivity index (χ2v) is 9.13. The minimum Gasteiger partial charge on any atom is -0.443 e. The van der Waals surface area contributed by atoms with Crippen molar-refractivity contribution in [2.24, 2.45) is 0 Å². The SMILES string of the molecule is OB(c1ccccc1)c1ccc2ccccc2c1-c1c(B(O)c2ccccc2)ccc2ccccc12. The molecule has 0 aliphatic heterocycles. The standard InChI is InChI=1S/C32H24B2O2/c35-33(25-13-3-1-4-14-25)29-21-19-23-11-7-9-17-27(23)31(29)32-28-18-10-8-12-24(28)20-22-30(32)34(36)26-15-5-2-6-16-26/h1-22,35-36H. The fraction of sp³-hybridized carbons (Fsp3) is 0. The van der Waals surface area contributed by atoms with Crippen molar-refractivity contribution in [2.75, 3.05) is 0 Å². The Balaban J connectivity index is 1.72. The van der Waals surface area contributed by atoms with Crippen LogP contribution in [0, 0.1) is 0 Å². The van der Waals surface area contributed by atoms with Gasteiger partial charge in [0.2, 0.25) is 0 Å². The second-order valence-electron chi connectivity index (χ2n) is 9.13. The van der Waals surface area contributed by atoms with Crippen molar-refractivity contribution in [2.45, 2.75) is 0 Å². The van der Waals surface area contributed by atoms with Crippen LogP contribution >= 0.6 is 0 Å². The van der Waals surface area contributed by atoms with Crippen molar-refractivity contribution in [1.29, 1.82) is 0 Å². The van der Waals surface area contributed by atoms with Gasteiger partial charge in [0.15, 0.2) is 0 Å². The maximum atomic E-state index is 11.6. The number of rotatable bonds is 5. The van der Waals surface area contributed by atoms with E-state index in [1.807, 2.05) is 97.1 Å². The molecule has 6 aromatic carbocycles. The van der Waals surface area contributed by atoms with Crippen LogP contribution in [0.3, 0.4) is 0 Å². The molecule has 0 amide bonds. The highest BCUT2D eigenvalue weighted by atomic mass is 16.2. The molecule has 0 bridgehead atoms. The summed E-state index contributed by atoms with van der Waals surface area (Å²) in [6.07, 6.45) is 0. The summed E-state index contributed by atoms with van der Waals surface area (Å²) in [7, 11) is 0. The Morgan fingerprint density at radius 2 is 0.722 bits per heavy atom. The van der Waals surface area contributed by atoms with E-state index in [4.69, 9.17) is 0 Å². The molecular weight excluding hydrogens is 438 g/mol. The average molecular weight is 462 g/mol. The summed E-state index contributed by atoms with van der Waals surface area (Å²) in [5.41, 5.74) is 5.20. The Kier molecular flexibility index (Phi) is 5.90. The minimum atomic E-state index is -0.813. The average Bonchev–Trinajstić information content (AvgIpc) is 2.96. The van der Waals surface area contributed by atoms with Crippen molar-refractivity contribution in [3.8, 4) is 11.1 Å². The van der Waals surface area contributed by atoms with Gasteiger partial charge in [0.25, 0.3) is 0 Å². The molecule has 2 nitrogen and oxygen atoms in total. The molecule has 4 heteroatoms. The van der Waals surface area contributed by atoms with Gasteiger partial charge in [0.05, 0.1) is 0 Å². The molecular formula is C32H24B2O2. The van der Waals surface area contributed by atoms with Crippen LogP contribution in [0.1, 0.15) is 0 Å². The lowest BCUT2D eigenvalue weighted by molar-refractivity contribution is 0.599. The predicted octanol–water partition coefficient (Wildman–Crippen LogP) is 3.86. The van der Waals surface area contributed by atoms with E-state index in [2.05, 4.69) is 36.4 Å². The van der Waals surface area contributed by atoms with Crippen molar-refractivity contribution in [3.63, 3.8) is 0 Å². The van der Waals surface area contributed by atoms with E-state index >= 15 is 0 Å². The van der Waals surface area contributed by atoms with Crippen molar-refractivity contribution in [1.82, 2.24) is 0 Å². The quantitative estimate of drug-likeness (QED) is 0.383. The number of hydrogen-bond donors (Lipinski definition) is 2. The van der Waals surface area contributed by atoms with E-state index in [1.54, 1.807) is 0 Å². The molecule has 0 heterocycles. The van der Waals surface area contributed by atoms with Crippen LogP contribution < -0.4 is 21.9 Å². The highest BCUT2D eigenvalue weighted by Crippen LogP contribution is 2.32. The lowest BCUT2D eigenvalue weighted by Crippen LogP contribution is -2.46. The fourth-order valence-electron chi connectivity index (χ4n) is 5.22. The van der Waals surface area contributed by atoms with Crippen molar-refractivity contribution >= 4 is 57.2 Å². The molecule has 6 rings (SSSR count). The van der Waals surface area contributed by atoms with Crippen LogP contribution in [0.5, 0.6) is 0 Å². The summed E-state index contributed by atoms with van der Waals surface area (Å²) in [5, 5.41) is 27.6. The van der Waals surface area contributed by atoms with E-state index < -0.39 is 13.8 Å². The van der Waals surface area contributed by atoms with E-state index in [9.17, 15) is 10.0 Å². The van der Waals surface area contributed by atoms with Gasteiger partial charge in [-0.15, -0.1) is 0 Å². The smallest absolute Gasteiger partial charge is 0.359 e. The molecule has 0 aliphatic rings. The summed E-state index contributed by atoms with van der Waals surface area (Å²) in [4.78, 5) is 0. The first-order valence-corrected chi connectivity index (χ1v) is 12.2. The van der Waals surface area contributed by atoms with Crippen LogP contribution in [-0.2, 0) is 0 Å². The summed E-state index contributed by atoms with van der Waals surface area (Å²) in [6.45, 7) is -1.63. The van der Waals surface area contributed by atoms with Crippen LogP contribution in [0.25, 0.3) is 32.7 Å². The van der Waals surface area contributed by atoms with Gasteiger partial charge in [-0.2, -0.15) is 0 Å². The van der Waals surface area contributed by atoms with Gasteiger partial charge >= 0.3 is 13.8 Å². The van der Waals surface area contributed by atoms with Gasteiger partial charge in [0, 0.05) is 0 Å². The summed E-state index contributed by atoms with van der Waals surface area (Å²) < 4.78 is 0. The lowest BCUT2D eigenvalue weighted by atomic mass is 9.50. The van der Waals surface area contributed by atoms with Gasteiger partial charge < -0.3 is 10.0 Å². The fourth-order valence-corrected chi connectivity index (χ4v) is 5.22. The molecule has 6 aromatic rings. The summed E-state index contributed by atoms with van der Waals surface area (Å²) in [6, 6.07) is 44.2. The first kappa shape index (κ1) is 22.4. The molecule has 0 aromatic heterocycles. The van der Waals surface area contributed by atoms with E-state index in [0.717, 1.165) is 54.5 Å². The third-order valence-electron chi connectivity index (χ3n) is 6.99. The van der Waals surface area contributed by atoms with E-state index in [-0.39, 0.29) is 0 Å². The zero-order valence-electron chi connectivity index (χ0n) is 19.8. The number of benzene rings is 6. The zero-order chi connectivity index (χ0) is 24.5. The van der Waals surface area contributed by atoms with Crippen molar-refractivity contribution in [3.05, 3.63) is 133 Å². The van der Waals surface area contributed by atoms with Crippen LogP contribution in [0.2, 0.25) is 0 Å². The topological polar surface area (TPSA) is 40.5 Å². The Hall–Kier alpha value is -4.11. The maximum Gasteiger partial charge on any atom is 0.359 e. The van der Waals surface area contributed by atoms with E-state index in [0.29, 0.717) is 0 Å². The predicted molar refractivity (Wildman–Crippen MR) is 154 cm³/mol. The van der Waals surface area contributed by atoms with Crippen molar-refractivity contribution < 1.29 is 10.0 Å². The Morgan fingerprint density at radius 1 is 0.361 bits per heavy atom. The largest absolute Gasteiger partial charge is 0.443 e. The molecule has 0 atom stereocenters. The molecule has 36 heavy (non-hydrogen) atoms. The molecule has 0 unspecified atom stereocenters. The van der Waals surface area contributed by atoms with Gasteiger partial charge in [-0.1, -0.05) is 133 Å². The molecule has 2 N–H and O–H groups in total. The molecule has 0 fully saturated rings. The lowest BCUT2D eigenvalue weighted by Gasteiger charge is -2.22. The molecule has 0 saturated carbocycles. The normalized spacial score (nSPS) is 11.1.